The predicted octanol–water partition coefficient (Wildman–Crippen LogP) is 11.6. The molecule has 4 nitrogen and oxygen atoms in total. The average molecular weight is 790 g/mol. The fourth-order valence-electron chi connectivity index (χ4n) is 3.97. The summed E-state index contributed by atoms with van der Waals surface area (Å²) in [4.78, 5) is 0. The van der Waals surface area contributed by atoms with Crippen molar-refractivity contribution in [2.75, 3.05) is 0 Å². The van der Waals surface area contributed by atoms with Crippen LogP contribution in [-0.2, 0) is 13.6 Å². The molecule has 0 heterocycles. The molecule has 0 N–H and O–H groups in total. The number of hydrogen-bond acceptors (Lipinski definition) is 4. The van der Waals surface area contributed by atoms with E-state index >= 15 is 17.6 Å². The van der Waals surface area contributed by atoms with Crippen LogP contribution in [0.1, 0.15) is 23.3 Å². The lowest BCUT2D eigenvalue weighted by Gasteiger charge is -2.40. The van der Waals surface area contributed by atoms with Crippen LogP contribution in [0.2, 0.25) is 0 Å². The Hall–Kier alpha value is -3.65. The van der Waals surface area contributed by atoms with Crippen molar-refractivity contribution in [2.24, 2.45) is 0 Å². The smallest absolute Gasteiger partial charge is 0.404 e. The first kappa shape index (κ1) is 41.8. The van der Waals surface area contributed by atoms with Gasteiger partial charge in [0.25, 0.3) is 0 Å². The van der Waals surface area contributed by atoms with Crippen molar-refractivity contribution in [2.45, 2.75) is 60.1 Å². The number of para-hydroxylation sites is 1. The fraction of sp³-hybridized carbons (Fsp3) is 0.357. The molecule has 0 aliphatic carbocycles. The van der Waals surface area contributed by atoms with Gasteiger partial charge in [-0.1, -0.05) is 78.9 Å². The summed E-state index contributed by atoms with van der Waals surface area (Å²) in [6.07, 6.45) is -23.8. The van der Waals surface area contributed by atoms with Crippen molar-refractivity contribution < 1.29 is 97.2 Å². The normalized spacial score (nSPS) is 16.7. The van der Waals surface area contributed by atoms with Crippen LogP contribution in [0.3, 0.4) is 0 Å². The summed E-state index contributed by atoms with van der Waals surface area (Å²) in [6.45, 7) is 0. The highest BCUT2D eigenvalue weighted by molar-refractivity contribution is 7.49. The van der Waals surface area contributed by atoms with E-state index in [4.69, 9.17) is 0 Å². The van der Waals surface area contributed by atoms with Gasteiger partial charge in [0.05, 0.1) is 0 Å². The summed E-state index contributed by atoms with van der Waals surface area (Å²) in [5.41, 5.74) is -3.23. The van der Waals surface area contributed by atoms with Gasteiger partial charge in [-0.3, -0.25) is 9.05 Å². The van der Waals surface area contributed by atoms with E-state index in [2.05, 4.69) is 13.6 Å². The van der Waals surface area contributed by atoms with E-state index in [0.717, 1.165) is 30.3 Å². The lowest BCUT2D eigenvalue weighted by Crippen LogP contribution is -2.63. The molecular weight excluding hydrogens is 773 g/mol. The number of halogens is 18. The molecule has 51 heavy (non-hydrogen) atoms. The van der Waals surface area contributed by atoms with Crippen molar-refractivity contribution in [3.8, 4) is 5.75 Å². The molecule has 0 fully saturated rings. The molecule has 3 rings (SSSR count). The maximum absolute atomic E-state index is 15.4. The quantitative estimate of drug-likeness (QED) is 0.121. The zero-order valence-electron chi connectivity index (χ0n) is 24.2. The molecule has 23 heteroatoms. The Labute approximate surface area is 273 Å². The molecule has 0 spiro atoms. The van der Waals surface area contributed by atoms with Crippen molar-refractivity contribution in [1.82, 2.24) is 0 Å². The van der Waals surface area contributed by atoms with Gasteiger partial charge in [0.15, 0.2) is 12.2 Å². The molecule has 0 radical (unpaired) electrons. The number of phosphoric acid groups is 1. The lowest BCUT2D eigenvalue weighted by molar-refractivity contribution is -0.407. The number of hydrogen-bond donors (Lipinski definition) is 0. The number of rotatable bonds is 14. The van der Waals surface area contributed by atoms with Crippen LogP contribution < -0.4 is 4.52 Å². The van der Waals surface area contributed by atoms with Gasteiger partial charge < -0.3 is 4.52 Å². The Kier molecular flexibility index (Phi) is 11.2. The largest absolute Gasteiger partial charge is 0.531 e. The Balaban J connectivity index is 2.35. The van der Waals surface area contributed by atoms with E-state index in [-0.39, 0.29) is 24.3 Å². The van der Waals surface area contributed by atoms with E-state index < -0.39 is 84.8 Å². The minimum Gasteiger partial charge on any atom is -0.404 e. The molecule has 0 aliphatic rings. The predicted molar refractivity (Wildman–Crippen MR) is 137 cm³/mol. The third kappa shape index (κ3) is 7.62. The summed E-state index contributed by atoms with van der Waals surface area (Å²) in [6, 6.07) is 9.27. The summed E-state index contributed by atoms with van der Waals surface area (Å²) >= 11 is 0. The second kappa shape index (κ2) is 13.7. The molecule has 0 bridgehead atoms. The van der Waals surface area contributed by atoms with Crippen LogP contribution in [0.15, 0.2) is 91.0 Å². The lowest BCUT2D eigenvalue weighted by atomic mass is 9.94. The van der Waals surface area contributed by atoms with E-state index in [1.807, 2.05) is 0 Å². The van der Waals surface area contributed by atoms with Crippen LogP contribution in [0.25, 0.3) is 0 Å². The second-order valence-corrected chi connectivity index (χ2v) is 11.7. The highest BCUT2D eigenvalue weighted by Gasteiger charge is 2.85. The first-order valence-corrected chi connectivity index (χ1v) is 14.7. The summed E-state index contributed by atoms with van der Waals surface area (Å²) in [5, 5.41) is 0. The Morgan fingerprint density at radius 1 is 0.412 bits per heavy atom. The van der Waals surface area contributed by atoms with Gasteiger partial charge in [0, 0.05) is 0 Å². The Morgan fingerprint density at radius 2 is 0.686 bits per heavy atom. The van der Waals surface area contributed by atoms with E-state index in [1.165, 1.54) is 0 Å². The molecule has 0 aliphatic heterocycles. The molecule has 0 aromatic heterocycles. The third-order valence-corrected chi connectivity index (χ3v) is 8.00. The highest BCUT2D eigenvalue weighted by atomic mass is 31.2. The van der Waals surface area contributed by atoms with Crippen molar-refractivity contribution >= 4 is 7.82 Å². The minimum atomic E-state index is -7.66. The van der Waals surface area contributed by atoms with Crippen molar-refractivity contribution in [3.05, 3.63) is 102 Å². The average Bonchev–Trinajstić information content (AvgIpc) is 3.02. The molecule has 3 aromatic carbocycles. The van der Waals surface area contributed by atoms with Crippen LogP contribution >= 0.6 is 7.82 Å². The summed E-state index contributed by atoms with van der Waals surface area (Å²) < 4.78 is 280. The van der Waals surface area contributed by atoms with Gasteiger partial charge in [0.2, 0.25) is 0 Å². The van der Waals surface area contributed by atoms with Gasteiger partial charge in [0.1, 0.15) is 5.75 Å². The zero-order chi connectivity index (χ0) is 39.1. The van der Waals surface area contributed by atoms with Crippen molar-refractivity contribution in [1.29, 1.82) is 0 Å². The van der Waals surface area contributed by atoms with Crippen LogP contribution in [0.4, 0.5) is 79.0 Å². The standard InChI is InChI=1S/C28H17F18O4P/c29-21(30,23(33,34)25(37,38)27(41,42)43)19(16-10-4-1-5-11-16)49-51(47,48-18-14-8-3-9-15-18)50-20(17-12-6-2-7-13-17)22(31,32)24(35,36)26(39,40)28(44,45)46/h1-15,19-20H/t19-,20+,51?. The Morgan fingerprint density at radius 3 is 0.961 bits per heavy atom. The molecule has 3 atom stereocenters. The maximum Gasteiger partial charge on any atom is 0.531 e. The molecule has 1 unspecified atom stereocenters. The number of phosphoric ester groups is 1. The van der Waals surface area contributed by atoms with Gasteiger partial charge in [-0.05, 0) is 23.3 Å². The molecular formula is C28H17F18O4P. The monoisotopic (exact) mass is 790 g/mol. The van der Waals surface area contributed by atoms with Gasteiger partial charge in [-0.15, -0.1) is 0 Å². The SMILES string of the molecule is O=P(Oc1ccccc1)(O[C@H](c1ccccc1)C(F)(F)C(F)(F)C(F)(F)C(F)(F)F)O[C@@H](c1ccccc1)C(F)(F)C(F)(F)C(F)(F)C(F)(F)F. The summed E-state index contributed by atoms with van der Waals surface area (Å²) in [5.74, 6) is -45.6. The Bertz CT molecular complexity index is 1550. The first-order chi connectivity index (χ1) is 23.0. The first-order valence-electron chi connectivity index (χ1n) is 13.2. The zero-order valence-corrected chi connectivity index (χ0v) is 25.1. The third-order valence-electron chi connectivity index (χ3n) is 6.63. The fourth-order valence-corrected chi connectivity index (χ4v) is 5.51. The van der Waals surface area contributed by atoms with Gasteiger partial charge in [-0.25, -0.2) is 4.57 Å². The van der Waals surface area contributed by atoms with E-state index in [9.17, 15) is 66.0 Å². The highest BCUT2D eigenvalue weighted by Crippen LogP contribution is 2.66. The van der Waals surface area contributed by atoms with Crippen molar-refractivity contribution in [3.63, 3.8) is 0 Å². The van der Waals surface area contributed by atoms with Gasteiger partial charge in [-0.2, -0.15) is 79.0 Å². The summed E-state index contributed by atoms with van der Waals surface area (Å²) in [7, 11) is -7.08. The van der Waals surface area contributed by atoms with E-state index in [0.29, 0.717) is 36.4 Å². The van der Waals surface area contributed by atoms with Crippen LogP contribution in [0.5, 0.6) is 5.75 Å². The minimum absolute atomic E-state index is 0.231. The van der Waals surface area contributed by atoms with Crippen LogP contribution in [0, 0.1) is 0 Å². The maximum atomic E-state index is 15.4. The van der Waals surface area contributed by atoms with Gasteiger partial charge >= 0.3 is 55.7 Å². The molecule has 0 saturated heterocycles. The molecule has 3 aromatic rings. The topological polar surface area (TPSA) is 44.8 Å². The molecule has 0 amide bonds. The molecule has 284 valence electrons. The second-order valence-electron chi connectivity index (χ2n) is 10.2. The molecule has 0 saturated carbocycles. The number of benzene rings is 3. The number of alkyl halides is 18. The van der Waals surface area contributed by atoms with E-state index in [1.54, 1.807) is 0 Å². The van der Waals surface area contributed by atoms with Crippen LogP contribution in [-0.4, -0.2) is 47.9 Å².